The summed E-state index contributed by atoms with van der Waals surface area (Å²) in [4.78, 5) is 20.2. The first-order chi connectivity index (χ1) is 14.0. The average molecular weight is 400 g/mol. The monoisotopic (exact) mass is 399 g/mol. The molecule has 2 heterocycles. The summed E-state index contributed by atoms with van der Waals surface area (Å²) in [6.07, 6.45) is 7.96. The quantitative estimate of drug-likeness (QED) is 0.779. The second-order valence-electron chi connectivity index (χ2n) is 9.65. The normalized spacial score (nSPS) is 30.7. The summed E-state index contributed by atoms with van der Waals surface area (Å²) in [6, 6.07) is 9.41. The Hall–Kier alpha value is -1.59. The fourth-order valence-electron chi connectivity index (χ4n) is 5.36. The first-order valence-electron chi connectivity index (χ1n) is 11.4. The maximum Gasteiger partial charge on any atom is 0.237 e. The Kier molecular flexibility index (Phi) is 6.16. The van der Waals surface area contributed by atoms with Crippen LogP contribution < -0.4 is 4.74 Å². The molecule has 1 aliphatic carbocycles. The number of hydrogen-bond donors (Lipinski definition) is 0. The van der Waals surface area contributed by atoms with Crippen LogP contribution in [-0.2, 0) is 11.3 Å². The number of amides is 1. The fourth-order valence-corrected chi connectivity index (χ4v) is 5.36. The highest BCUT2D eigenvalue weighted by Crippen LogP contribution is 2.39. The van der Waals surface area contributed by atoms with E-state index in [1.54, 1.807) is 0 Å². The van der Waals surface area contributed by atoms with Gasteiger partial charge in [-0.2, -0.15) is 0 Å². The molecule has 1 saturated carbocycles. The van der Waals surface area contributed by atoms with Crippen molar-refractivity contribution >= 4 is 5.91 Å². The number of benzene rings is 1. The SMILES string of the molecule is CC1CCCCN1CC(=O)N1Cc2ccccc2OC2(CCC(N(C)C)CC2)C1. The molecule has 0 N–H and O–H groups in total. The topological polar surface area (TPSA) is 36.0 Å². The molecule has 0 aromatic heterocycles. The van der Waals surface area contributed by atoms with Crippen molar-refractivity contribution in [1.82, 2.24) is 14.7 Å². The molecular weight excluding hydrogens is 362 g/mol. The first kappa shape index (κ1) is 20.7. The third-order valence-corrected chi connectivity index (χ3v) is 7.37. The molecule has 4 rings (SSSR count). The molecule has 3 aliphatic rings. The van der Waals surface area contributed by atoms with Crippen molar-refractivity contribution in [3.63, 3.8) is 0 Å². The van der Waals surface area contributed by atoms with E-state index in [0.29, 0.717) is 31.7 Å². The van der Waals surface area contributed by atoms with E-state index in [0.717, 1.165) is 43.5 Å². The van der Waals surface area contributed by atoms with Crippen LogP contribution in [-0.4, -0.2) is 72.0 Å². The van der Waals surface area contributed by atoms with Gasteiger partial charge in [-0.1, -0.05) is 24.6 Å². The Morgan fingerprint density at radius 1 is 1.17 bits per heavy atom. The minimum absolute atomic E-state index is 0.248. The Bertz CT molecular complexity index is 712. The maximum absolute atomic E-state index is 13.4. The van der Waals surface area contributed by atoms with E-state index in [-0.39, 0.29) is 11.5 Å². The molecule has 29 heavy (non-hydrogen) atoms. The molecule has 2 aliphatic heterocycles. The molecule has 5 heteroatoms. The number of rotatable bonds is 3. The van der Waals surface area contributed by atoms with Crippen LogP contribution in [0, 0.1) is 0 Å². The third kappa shape index (κ3) is 4.61. The van der Waals surface area contributed by atoms with Gasteiger partial charge in [0.05, 0.1) is 13.1 Å². The summed E-state index contributed by atoms with van der Waals surface area (Å²) in [5.74, 6) is 1.23. The van der Waals surface area contributed by atoms with Gasteiger partial charge in [0.2, 0.25) is 5.91 Å². The lowest BCUT2D eigenvalue weighted by Gasteiger charge is -2.43. The maximum atomic E-state index is 13.4. The fraction of sp³-hybridized carbons (Fsp3) is 0.708. The van der Waals surface area contributed by atoms with Gasteiger partial charge in [-0.15, -0.1) is 0 Å². The van der Waals surface area contributed by atoms with E-state index in [4.69, 9.17) is 4.74 Å². The van der Waals surface area contributed by atoms with E-state index >= 15 is 0 Å². The van der Waals surface area contributed by atoms with Crippen LogP contribution >= 0.6 is 0 Å². The lowest BCUT2D eigenvalue weighted by Crippen LogP contribution is -2.53. The second kappa shape index (κ2) is 8.65. The van der Waals surface area contributed by atoms with Gasteiger partial charge < -0.3 is 14.5 Å². The highest BCUT2D eigenvalue weighted by Gasteiger charge is 2.42. The van der Waals surface area contributed by atoms with Gasteiger partial charge in [-0.25, -0.2) is 0 Å². The van der Waals surface area contributed by atoms with E-state index < -0.39 is 0 Å². The zero-order chi connectivity index (χ0) is 20.4. The smallest absolute Gasteiger partial charge is 0.237 e. The highest BCUT2D eigenvalue weighted by atomic mass is 16.5. The molecule has 0 bridgehead atoms. The van der Waals surface area contributed by atoms with Crippen molar-refractivity contribution in [2.45, 2.75) is 76.1 Å². The van der Waals surface area contributed by atoms with Crippen LogP contribution in [0.2, 0.25) is 0 Å². The first-order valence-corrected chi connectivity index (χ1v) is 11.4. The van der Waals surface area contributed by atoms with Crippen LogP contribution in [0.4, 0.5) is 0 Å². The minimum Gasteiger partial charge on any atom is -0.485 e. The Balaban J connectivity index is 1.53. The summed E-state index contributed by atoms with van der Waals surface area (Å²) in [7, 11) is 4.34. The molecule has 1 amide bonds. The van der Waals surface area contributed by atoms with Crippen molar-refractivity contribution in [3.05, 3.63) is 29.8 Å². The number of piperidine rings is 1. The van der Waals surface area contributed by atoms with E-state index in [9.17, 15) is 4.79 Å². The number of nitrogens with zero attached hydrogens (tertiary/aromatic N) is 3. The molecule has 1 aromatic rings. The molecule has 160 valence electrons. The predicted octanol–water partition coefficient (Wildman–Crippen LogP) is 3.53. The highest BCUT2D eigenvalue weighted by molar-refractivity contribution is 5.78. The van der Waals surface area contributed by atoms with E-state index in [1.165, 1.54) is 19.3 Å². The largest absolute Gasteiger partial charge is 0.485 e. The van der Waals surface area contributed by atoms with Crippen molar-refractivity contribution in [2.75, 3.05) is 33.7 Å². The number of carbonyl (C=O) groups excluding carboxylic acids is 1. The van der Waals surface area contributed by atoms with E-state index in [1.807, 2.05) is 6.07 Å². The van der Waals surface area contributed by atoms with Crippen LogP contribution in [0.3, 0.4) is 0 Å². The van der Waals surface area contributed by atoms with Crippen LogP contribution in [0.1, 0.15) is 57.4 Å². The number of fused-ring (bicyclic) bond motifs is 1. The molecule has 1 spiro atoms. The van der Waals surface area contributed by atoms with Gasteiger partial charge in [0, 0.05) is 24.2 Å². The second-order valence-corrected chi connectivity index (χ2v) is 9.65. The summed E-state index contributed by atoms with van der Waals surface area (Å²) in [5, 5.41) is 0. The number of carbonyl (C=O) groups is 1. The van der Waals surface area contributed by atoms with Crippen molar-refractivity contribution in [1.29, 1.82) is 0 Å². The zero-order valence-electron chi connectivity index (χ0n) is 18.4. The molecular formula is C24H37N3O2. The molecule has 1 unspecified atom stereocenters. The summed E-state index contributed by atoms with van der Waals surface area (Å²) in [5.41, 5.74) is 0.890. The van der Waals surface area contributed by atoms with Crippen LogP contribution in [0.25, 0.3) is 0 Å². The number of likely N-dealkylation sites (tertiary alicyclic amines) is 1. The zero-order valence-corrected chi connectivity index (χ0v) is 18.4. The molecule has 0 radical (unpaired) electrons. The van der Waals surface area contributed by atoms with Gasteiger partial charge in [-0.05, 0) is 72.2 Å². The predicted molar refractivity (Wildman–Crippen MR) is 116 cm³/mol. The van der Waals surface area contributed by atoms with Crippen molar-refractivity contribution in [3.8, 4) is 5.75 Å². The molecule has 2 fully saturated rings. The van der Waals surface area contributed by atoms with Crippen LogP contribution in [0.5, 0.6) is 5.75 Å². The van der Waals surface area contributed by atoms with Gasteiger partial charge >= 0.3 is 0 Å². The van der Waals surface area contributed by atoms with Gasteiger partial charge in [0.25, 0.3) is 0 Å². The Labute approximate surface area is 176 Å². The van der Waals surface area contributed by atoms with Gasteiger partial charge in [-0.3, -0.25) is 9.69 Å². The summed E-state index contributed by atoms with van der Waals surface area (Å²) < 4.78 is 6.68. The lowest BCUT2D eigenvalue weighted by molar-refractivity contribution is -0.137. The summed E-state index contributed by atoms with van der Waals surface area (Å²) in [6.45, 7) is 5.22. The van der Waals surface area contributed by atoms with E-state index in [2.05, 4.69) is 53.9 Å². The molecule has 1 saturated heterocycles. The average Bonchev–Trinajstić information content (AvgIpc) is 2.86. The summed E-state index contributed by atoms with van der Waals surface area (Å²) >= 11 is 0. The van der Waals surface area contributed by atoms with Crippen molar-refractivity contribution < 1.29 is 9.53 Å². The minimum atomic E-state index is -0.248. The Morgan fingerprint density at radius 3 is 2.66 bits per heavy atom. The number of para-hydroxylation sites is 1. The molecule has 1 atom stereocenters. The third-order valence-electron chi connectivity index (χ3n) is 7.37. The van der Waals surface area contributed by atoms with Crippen molar-refractivity contribution in [2.24, 2.45) is 0 Å². The lowest BCUT2D eigenvalue weighted by atomic mass is 9.81. The Morgan fingerprint density at radius 2 is 1.93 bits per heavy atom. The van der Waals surface area contributed by atoms with Crippen LogP contribution in [0.15, 0.2) is 24.3 Å². The molecule has 5 nitrogen and oxygen atoms in total. The van der Waals surface area contributed by atoms with Gasteiger partial charge in [0.15, 0.2) is 0 Å². The number of hydrogen-bond acceptors (Lipinski definition) is 4. The van der Waals surface area contributed by atoms with Gasteiger partial charge in [0.1, 0.15) is 11.4 Å². The standard InChI is InChI=1S/C24H37N3O2/c1-19-8-6-7-15-26(19)17-23(28)27-16-20-9-4-5-10-22(20)29-24(18-27)13-11-21(12-14-24)25(2)3/h4-5,9-10,19,21H,6-8,11-18H2,1-3H3. The molecule has 1 aromatic carbocycles. The number of ether oxygens (including phenoxy) is 1.